The first kappa shape index (κ1) is 12.2. The van der Waals surface area contributed by atoms with E-state index in [1.807, 2.05) is 0 Å². The maximum Gasteiger partial charge on any atom is 0.0465 e. The summed E-state index contributed by atoms with van der Waals surface area (Å²) in [6, 6.07) is 9.27. The van der Waals surface area contributed by atoms with E-state index < -0.39 is 0 Å². The van der Waals surface area contributed by atoms with Gasteiger partial charge in [-0.05, 0) is 42.2 Å². The third-order valence-electron chi connectivity index (χ3n) is 4.91. The number of rotatable bonds is 5. The molecule has 1 unspecified atom stereocenters. The molecule has 1 aromatic rings. The van der Waals surface area contributed by atoms with Crippen LogP contribution in [0.2, 0.25) is 0 Å². The van der Waals surface area contributed by atoms with E-state index >= 15 is 0 Å². The zero-order valence-corrected chi connectivity index (χ0v) is 11.1. The Morgan fingerprint density at radius 2 is 1.83 bits per heavy atom. The van der Waals surface area contributed by atoms with Crippen molar-refractivity contribution in [2.75, 3.05) is 0 Å². The van der Waals surface area contributed by atoms with Crippen LogP contribution in [0.1, 0.15) is 68.0 Å². The van der Waals surface area contributed by atoms with Crippen LogP contribution < -0.4 is 11.3 Å². The van der Waals surface area contributed by atoms with Gasteiger partial charge in [0.05, 0.1) is 0 Å². The van der Waals surface area contributed by atoms with Crippen molar-refractivity contribution in [3.05, 3.63) is 35.4 Å². The average Bonchev–Trinajstić information content (AvgIpc) is 2.27. The summed E-state index contributed by atoms with van der Waals surface area (Å²) < 4.78 is 0. The van der Waals surface area contributed by atoms with Gasteiger partial charge < -0.3 is 0 Å². The second-order valence-electron chi connectivity index (χ2n) is 6.01. The molecule has 3 rings (SSSR count). The highest BCUT2D eigenvalue weighted by Gasteiger charge is 2.27. The molecule has 0 amide bonds. The van der Waals surface area contributed by atoms with Gasteiger partial charge >= 0.3 is 0 Å². The highest BCUT2D eigenvalue weighted by Crippen LogP contribution is 2.41. The van der Waals surface area contributed by atoms with Gasteiger partial charge in [0.2, 0.25) is 0 Å². The van der Waals surface area contributed by atoms with E-state index in [1.165, 1.54) is 50.5 Å². The Morgan fingerprint density at radius 1 is 1.11 bits per heavy atom. The van der Waals surface area contributed by atoms with Crippen LogP contribution in [-0.2, 0) is 0 Å². The molecule has 0 radical (unpaired) electrons. The van der Waals surface area contributed by atoms with Gasteiger partial charge in [-0.3, -0.25) is 11.3 Å². The molecule has 2 aliphatic carbocycles. The molecule has 0 aliphatic heterocycles. The lowest BCUT2D eigenvalue weighted by atomic mass is 9.74. The van der Waals surface area contributed by atoms with Crippen molar-refractivity contribution in [2.24, 2.45) is 11.8 Å². The number of benzene rings is 1. The van der Waals surface area contributed by atoms with E-state index in [4.69, 9.17) is 5.84 Å². The summed E-state index contributed by atoms with van der Waals surface area (Å²) >= 11 is 0. The summed E-state index contributed by atoms with van der Waals surface area (Å²) in [6.07, 6.45) is 9.51. The van der Waals surface area contributed by atoms with Crippen LogP contribution in [-0.4, -0.2) is 0 Å². The largest absolute Gasteiger partial charge is 0.271 e. The number of nitrogens with two attached hydrogens (primary N) is 1. The fourth-order valence-electron chi connectivity index (χ4n) is 3.27. The summed E-state index contributed by atoms with van der Waals surface area (Å²) in [5.41, 5.74) is 6.06. The fraction of sp³-hybridized carbons (Fsp3) is 0.625. The van der Waals surface area contributed by atoms with E-state index in [-0.39, 0.29) is 0 Å². The summed E-state index contributed by atoms with van der Waals surface area (Å²) in [7, 11) is 0. The van der Waals surface area contributed by atoms with Crippen molar-refractivity contribution < 1.29 is 0 Å². The molecule has 2 fully saturated rings. The molecule has 0 saturated heterocycles. The maximum atomic E-state index is 5.81. The van der Waals surface area contributed by atoms with Gasteiger partial charge in [0.25, 0.3) is 0 Å². The first-order valence-corrected chi connectivity index (χ1v) is 7.43. The van der Waals surface area contributed by atoms with E-state index in [0.29, 0.717) is 6.04 Å². The third-order valence-corrected chi connectivity index (χ3v) is 4.91. The van der Waals surface area contributed by atoms with Crippen LogP contribution in [0, 0.1) is 5.92 Å². The molecule has 2 nitrogen and oxygen atoms in total. The molecular formula is C16H24N2. The zero-order valence-electron chi connectivity index (χ0n) is 11.1. The first-order chi connectivity index (χ1) is 8.88. The molecule has 18 heavy (non-hydrogen) atoms. The number of hydrogen-bond donors (Lipinski definition) is 2. The topological polar surface area (TPSA) is 38.0 Å². The Morgan fingerprint density at radius 3 is 2.39 bits per heavy atom. The molecule has 0 spiro atoms. The minimum atomic E-state index is 0.354. The quantitative estimate of drug-likeness (QED) is 0.613. The Bertz CT molecular complexity index is 394. The van der Waals surface area contributed by atoms with Gasteiger partial charge in [0.15, 0.2) is 0 Å². The van der Waals surface area contributed by atoms with E-state index in [9.17, 15) is 0 Å². The van der Waals surface area contributed by atoms with Gasteiger partial charge in [-0.15, -0.1) is 0 Å². The van der Waals surface area contributed by atoms with Crippen molar-refractivity contribution in [2.45, 2.75) is 56.9 Å². The average molecular weight is 244 g/mol. The third kappa shape index (κ3) is 2.32. The predicted molar refractivity (Wildman–Crippen MR) is 75.1 cm³/mol. The molecule has 0 heterocycles. The van der Waals surface area contributed by atoms with Gasteiger partial charge in [-0.1, -0.05) is 49.9 Å². The van der Waals surface area contributed by atoms with Crippen LogP contribution in [0.25, 0.3) is 0 Å². The summed E-state index contributed by atoms with van der Waals surface area (Å²) in [5, 5.41) is 0. The molecule has 2 saturated carbocycles. The first-order valence-electron chi connectivity index (χ1n) is 7.43. The highest BCUT2D eigenvalue weighted by atomic mass is 15.2. The molecule has 1 atom stereocenters. The lowest BCUT2D eigenvalue weighted by Crippen LogP contribution is -2.32. The van der Waals surface area contributed by atoms with Crippen molar-refractivity contribution in [1.82, 2.24) is 5.43 Å². The minimum absolute atomic E-state index is 0.354. The fourth-order valence-corrected chi connectivity index (χ4v) is 3.27. The Hall–Kier alpha value is -0.860. The monoisotopic (exact) mass is 244 g/mol. The number of hydrazine groups is 1. The normalized spacial score (nSPS) is 22.3. The standard InChI is InChI=1S/C16H24N2/c17-18-16(11-12-5-3-6-12)15-10-2-1-9-14(15)13-7-4-8-13/h1-2,9-10,12-13,16,18H,3-8,11,17H2. The van der Waals surface area contributed by atoms with Crippen molar-refractivity contribution in [3.63, 3.8) is 0 Å². The molecule has 1 aromatic carbocycles. The van der Waals surface area contributed by atoms with Gasteiger partial charge in [-0.25, -0.2) is 0 Å². The zero-order chi connectivity index (χ0) is 12.4. The van der Waals surface area contributed by atoms with E-state index in [2.05, 4.69) is 29.7 Å². The van der Waals surface area contributed by atoms with E-state index in [1.54, 1.807) is 5.56 Å². The Balaban J connectivity index is 1.78. The second kappa shape index (κ2) is 5.41. The van der Waals surface area contributed by atoms with Crippen LogP contribution in [0.15, 0.2) is 24.3 Å². The van der Waals surface area contributed by atoms with Gasteiger partial charge in [-0.2, -0.15) is 0 Å². The van der Waals surface area contributed by atoms with Crippen molar-refractivity contribution in [1.29, 1.82) is 0 Å². The number of nitrogens with one attached hydrogen (secondary N) is 1. The van der Waals surface area contributed by atoms with Crippen LogP contribution in [0.5, 0.6) is 0 Å². The van der Waals surface area contributed by atoms with Crippen LogP contribution in [0.3, 0.4) is 0 Å². The van der Waals surface area contributed by atoms with Gasteiger partial charge in [0.1, 0.15) is 0 Å². The lowest BCUT2D eigenvalue weighted by Gasteiger charge is -2.33. The molecule has 0 bridgehead atoms. The highest BCUT2D eigenvalue weighted by molar-refractivity contribution is 5.34. The van der Waals surface area contributed by atoms with Crippen LogP contribution >= 0.6 is 0 Å². The number of hydrogen-bond acceptors (Lipinski definition) is 2. The molecule has 98 valence electrons. The summed E-state index contributed by atoms with van der Waals surface area (Å²) in [6.45, 7) is 0. The minimum Gasteiger partial charge on any atom is -0.271 e. The molecule has 2 heteroatoms. The lowest BCUT2D eigenvalue weighted by molar-refractivity contribution is 0.260. The molecular weight excluding hydrogens is 220 g/mol. The maximum absolute atomic E-state index is 5.81. The van der Waals surface area contributed by atoms with Crippen molar-refractivity contribution >= 4 is 0 Å². The second-order valence-corrected chi connectivity index (χ2v) is 6.01. The molecule has 0 aromatic heterocycles. The summed E-state index contributed by atoms with van der Waals surface area (Å²) in [5.74, 6) is 7.49. The van der Waals surface area contributed by atoms with E-state index in [0.717, 1.165) is 11.8 Å². The summed E-state index contributed by atoms with van der Waals surface area (Å²) in [4.78, 5) is 0. The van der Waals surface area contributed by atoms with Gasteiger partial charge in [0, 0.05) is 6.04 Å². The Kier molecular flexibility index (Phi) is 3.67. The Labute approximate surface area is 110 Å². The molecule has 2 aliphatic rings. The smallest absolute Gasteiger partial charge is 0.0465 e. The van der Waals surface area contributed by atoms with Crippen molar-refractivity contribution in [3.8, 4) is 0 Å². The molecule has 3 N–H and O–H groups in total. The van der Waals surface area contributed by atoms with Crippen LogP contribution in [0.4, 0.5) is 0 Å². The predicted octanol–water partition coefficient (Wildman–Crippen LogP) is 3.65. The SMILES string of the molecule is NNC(CC1CCC1)c1ccccc1C1CCC1.